The molecule has 0 N–H and O–H groups in total. The Morgan fingerprint density at radius 1 is 0.446 bits per heavy atom. The van der Waals surface area contributed by atoms with Crippen LogP contribution >= 0.6 is 0 Å². The number of allylic oxidation sites excluding steroid dienone is 12. The van der Waals surface area contributed by atoms with Crippen LogP contribution in [0.1, 0.15) is 110 Å². The van der Waals surface area contributed by atoms with Gasteiger partial charge in [-0.15, -0.1) is 0 Å². The minimum absolute atomic E-state index is 0.397. The standard InChI is InChI=1S/C48H48N4O4/c1-5-7-9-11-13-35-37-23-24-38(49-37)36(14-12-10-8-6-2)40-26-28-42(51-40)46(32-17-21-34(22-18-32)48(54)56-4)44-30-29-43(52-44)45(41-27-25-39(35)50-41)31-15-19-33(20-16-31)47(53)55-3/h15-30H,5-14H2,1-4H3. The monoisotopic (exact) mass is 744 g/mol. The zero-order valence-electron chi connectivity index (χ0n) is 32.7. The Hall–Kier alpha value is -6.02. The van der Waals surface area contributed by atoms with Crippen LogP contribution in [0.25, 0.3) is 11.1 Å². The second-order valence-electron chi connectivity index (χ2n) is 14.3. The van der Waals surface area contributed by atoms with Crippen LogP contribution in [-0.2, 0) is 9.47 Å². The van der Waals surface area contributed by atoms with Crippen LogP contribution in [0, 0.1) is 0 Å². The van der Waals surface area contributed by atoms with Crippen molar-refractivity contribution in [1.29, 1.82) is 0 Å². The van der Waals surface area contributed by atoms with Crippen LogP contribution in [0.3, 0.4) is 0 Å². The molecule has 8 bridgehead atoms. The summed E-state index contributed by atoms with van der Waals surface area (Å²) in [4.78, 5) is 46.0. The van der Waals surface area contributed by atoms with E-state index < -0.39 is 11.9 Å². The molecule has 0 atom stereocenters. The van der Waals surface area contributed by atoms with Crippen LogP contribution in [0.5, 0.6) is 0 Å². The van der Waals surface area contributed by atoms with Crippen molar-refractivity contribution in [2.45, 2.75) is 78.1 Å². The van der Waals surface area contributed by atoms with Gasteiger partial charge in [0, 0.05) is 22.3 Å². The molecule has 5 heterocycles. The summed E-state index contributed by atoms with van der Waals surface area (Å²) in [5.41, 5.74) is 13.3. The molecule has 7 rings (SSSR count). The second-order valence-corrected chi connectivity index (χ2v) is 14.3. The molecule has 0 saturated heterocycles. The maximum absolute atomic E-state index is 12.4. The first kappa shape index (κ1) is 38.3. The first-order valence-electron chi connectivity index (χ1n) is 19.8. The Kier molecular flexibility index (Phi) is 12.0. The SMILES string of the molecule is CCCCCCC1=C2C=CC(=N2)C(CCCCCC)=C2C=CC(=N2)C(c2ccc(C(=O)OC)cc2)=C2C=CC(=N2)C(c2ccc(C(=O)OC)cc2)=C2C=CC1=N2. The zero-order chi connectivity index (χ0) is 39.0. The molecular weight excluding hydrogens is 697 g/mol. The number of fused-ring (bicyclic) bond motifs is 4. The van der Waals surface area contributed by atoms with Crippen molar-refractivity contribution in [2.24, 2.45) is 20.0 Å². The third-order valence-corrected chi connectivity index (χ3v) is 10.6. The molecule has 0 spiro atoms. The van der Waals surface area contributed by atoms with Gasteiger partial charge in [-0.1, -0.05) is 76.6 Å². The molecule has 2 aromatic carbocycles. The van der Waals surface area contributed by atoms with Crippen molar-refractivity contribution in [3.63, 3.8) is 0 Å². The molecule has 56 heavy (non-hydrogen) atoms. The van der Waals surface area contributed by atoms with Crippen molar-refractivity contribution in [3.05, 3.63) is 153 Å². The fraction of sp³-hybridized carbons (Fsp3) is 0.292. The largest absolute Gasteiger partial charge is 0.465 e. The van der Waals surface area contributed by atoms with E-state index in [0.29, 0.717) is 11.1 Å². The molecule has 284 valence electrons. The second kappa shape index (κ2) is 17.6. The van der Waals surface area contributed by atoms with Gasteiger partial charge in [-0.05, 0) is 110 Å². The zero-order valence-corrected chi connectivity index (χ0v) is 32.7. The molecule has 0 radical (unpaired) electrons. The molecule has 0 amide bonds. The average Bonchev–Trinajstić information content (AvgIpc) is 4.08. The number of carbonyl (C=O) groups is 2. The van der Waals surface area contributed by atoms with Crippen molar-refractivity contribution in [3.8, 4) is 0 Å². The summed E-state index contributed by atoms with van der Waals surface area (Å²) in [7, 11) is 2.76. The lowest BCUT2D eigenvalue weighted by molar-refractivity contribution is 0.0592. The summed E-state index contributed by atoms with van der Waals surface area (Å²) < 4.78 is 9.97. The summed E-state index contributed by atoms with van der Waals surface area (Å²) in [5.74, 6) is -0.794. The van der Waals surface area contributed by atoms with Gasteiger partial charge in [0.15, 0.2) is 0 Å². The number of benzene rings is 2. The highest BCUT2D eigenvalue weighted by Gasteiger charge is 2.27. The van der Waals surface area contributed by atoms with Crippen molar-refractivity contribution < 1.29 is 19.1 Å². The third kappa shape index (κ3) is 8.15. The minimum Gasteiger partial charge on any atom is -0.465 e. The molecule has 0 aliphatic carbocycles. The number of hydrogen-bond donors (Lipinski definition) is 0. The van der Waals surface area contributed by atoms with Crippen molar-refractivity contribution >= 4 is 45.9 Å². The van der Waals surface area contributed by atoms with Crippen LogP contribution < -0.4 is 0 Å². The molecule has 0 fully saturated rings. The van der Waals surface area contributed by atoms with E-state index in [9.17, 15) is 9.59 Å². The van der Waals surface area contributed by atoms with E-state index in [1.807, 2.05) is 36.4 Å². The number of carbonyl (C=O) groups excluding carboxylic acids is 2. The van der Waals surface area contributed by atoms with Crippen LogP contribution in [-0.4, -0.2) is 49.0 Å². The van der Waals surface area contributed by atoms with E-state index >= 15 is 0 Å². The van der Waals surface area contributed by atoms with Gasteiger partial charge in [-0.2, -0.15) is 0 Å². The molecule has 8 nitrogen and oxygen atoms in total. The van der Waals surface area contributed by atoms with Gasteiger partial charge < -0.3 is 9.47 Å². The number of methoxy groups -OCH3 is 2. The number of rotatable bonds is 14. The molecule has 0 aromatic heterocycles. The summed E-state index contributed by atoms with van der Waals surface area (Å²) in [6.45, 7) is 4.46. The first-order valence-corrected chi connectivity index (χ1v) is 19.8. The Morgan fingerprint density at radius 3 is 1.21 bits per heavy atom. The number of esters is 2. The maximum Gasteiger partial charge on any atom is 0.337 e. The fourth-order valence-electron chi connectivity index (χ4n) is 7.55. The summed E-state index contributed by atoms with van der Waals surface area (Å²) in [6.07, 6.45) is 27.5. The van der Waals surface area contributed by atoms with Crippen LogP contribution in [0.15, 0.2) is 151 Å². The summed E-state index contributed by atoms with van der Waals surface area (Å²) in [5, 5.41) is 0. The normalized spacial score (nSPS) is 16.9. The summed E-state index contributed by atoms with van der Waals surface area (Å²) in [6, 6.07) is 14.8. The molecule has 2 aromatic rings. The lowest BCUT2D eigenvalue weighted by Crippen LogP contribution is -2.05. The lowest BCUT2D eigenvalue weighted by atomic mass is 9.97. The lowest BCUT2D eigenvalue weighted by Gasteiger charge is -2.13. The van der Waals surface area contributed by atoms with Crippen molar-refractivity contribution in [2.75, 3.05) is 14.2 Å². The minimum atomic E-state index is -0.397. The van der Waals surface area contributed by atoms with Crippen LogP contribution in [0.4, 0.5) is 0 Å². The van der Waals surface area contributed by atoms with E-state index in [1.165, 1.54) is 27.1 Å². The van der Waals surface area contributed by atoms with E-state index in [1.54, 1.807) is 24.3 Å². The topological polar surface area (TPSA) is 102 Å². The van der Waals surface area contributed by atoms with E-state index in [4.69, 9.17) is 29.4 Å². The maximum atomic E-state index is 12.4. The number of aliphatic imine (C=N–C) groups is 4. The Balaban J connectivity index is 1.45. The van der Waals surface area contributed by atoms with Crippen molar-refractivity contribution in [1.82, 2.24) is 0 Å². The molecule has 0 unspecified atom stereocenters. The van der Waals surface area contributed by atoms with Gasteiger partial charge in [-0.3, -0.25) is 0 Å². The number of unbranched alkanes of at least 4 members (excludes halogenated alkanes) is 6. The average molecular weight is 745 g/mol. The predicted molar refractivity (Wildman–Crippen MR) is 227 cm³/mol. The van der Waals surface area contributed by atoms with Gasteiger partial charge >= 0.3 is 11.9 Å². The molecule has 0 saturated carbocycles. The van der Waals surface area contributed by atoms with E-state index in [-0.39, 0.29) is 0 Å². The van der Waals surface area contributed by atoms with Gasteiger partial charge in [-0.25, -0.2) is 29.6 Å². The third-order valence-electron chi connectivity index (χ3n) is 10.6. The van der Waals surface area contributed by atoms with E-state index in [2.05, 4.69) is 50.3 Å². The smallest absolute Gasteiger partial charge is 0.337 e. The number of hydrogen-bond acceptors (Lipinski definition) is 8. The Morgan fingerprint density at radius 2 is 0.804 bits per heavy atom. The van der Waals surface area contributed by atoms with Gasteiger partial charge in [0.25, 0.3) is 0 Å². The number of nitrogens with zero attached hydrogens (tertiary/aromatic N) is 4. The Labute approximate surface area is 329 Å². The molecule has 5 aliphatic heterocycles. The van der Waals surface area contributed by atoms with E-state index in [0.717, 1.165) is 130 Å². The highest BCUT2D eigenvalue weighted by atomic mass is 16.5. The Bertz CT molecular complexity index is 2230. The van der Waals surface area contributed by atoms with Gasteiger partial charge in [0.2, 0.25) is 0 Å². The highest BCUT2D eigenvalue weighted by Crippen LogP contribution is 2.37. The highest BCUT2D eigenvalue weighted by molar-refractivity contribution is 6.36. The fourth-order valence-corrected chi connectivity index (χ4v) is 7.55. The predicted octanol–water partition coefficient (Wildman–Crippen LogP) is 10.9. The van der Waals surface area contributed by atoms with Gasteiger partial charge in [0.1, 0.15) is 0 Å². The quantitative estimate of drug-likeness (QED) is 0.142. The number of ether oxygens (including phenoxy) is 2. The molecular formula is C48H48N4O4. The molecule has 8 heteroatoms. The first-order chi connectivity index (χ1) is 27.4. The summed E-state index contributed by atoms with van der Waals surface area (Å²) >= 11 is 0. The van der Waals surface area contributed by atoms with Crippen LogP contribution in [0.2, 0.25) is 0 Å². The van der Waals surface area contributed by atoms with Gasteiger partial charge in [0.05, 0.1) is 71.0 Å². The molecule has 5 aliphatic rings.